The van der Waals surface area contributed by atoms with Gasteiger partial charge in [0.2, 0.25) is 5.91 Å². The molecule has 1 heterocycles. The maximum absolute atomic E-state index is 11.0. The van der Waals surface area contributed by atoms with Gasteiger partial charge in [0.05, 0.1) is 29.0 Å². The minimum Gasteiger partial charge on any atom is -0.393 e. The Hall–Kier alpha value is -0.690. The molecule has 1 amide bonds. The Balaban J connectivity index is 2.28. The molecule has 7 heteroatoms. The molecule has 0 saturated carbocycles. The molecular weight excluding hydrogens is 212 g/mol. The van der Waals surface area contributed by atoms with Crippen LogP contribution < -0.4 is 11.1 Å². The average molecular weight is 222 g/mol. The molecule has 1 saturated heterocycles. The molecule has 0 aromatic carbocycles. The number of hydrogen-bond donors (Lipinski definition) is 2. The third kappa shape index (κ3) is 3.27. The summed E-state index contributed by atoms with van der Waals surface area (Å²) < 4.78 is 21.4. The number of sulfone groups is 1. The van der Waals surface area contributed by atoms with Crippen molar-refractivity contribution in [3.05, 3.63) is 0 Å². The summed E-state index contributed by atoms with van der Waals surface area (Å²) in [7, 11) is -2.88. The predicted molar refractivity (Wildman–Crippen MR) is 52.0 cm³/mol. The predicted octanol–water partition coefficient (Wildman–Crippen LogP) is -1.42. The summed E-state index contributed by atoms with van der Waals surface area (Å²) in [4.78, 5) is 11.1. The Labute approximate surface area is 81.6 Å². The summed E-state index contributed by atoms with van der Waals surface area (Å²) in [6.07, 6.45) is -0.0219. The largest absolute Gasteiger partial charge is 0.393 e. The van der Waals surface area contributed by atoms with Gasteiger partial charge in [0.25, 0.3) is 0 Å². The van der Waals surface area contributed by atoms with E-state index >= 15 is 0 Å². The molecule has 0 spiro atoms. The van der Waals surface area contributed by atoms with Gasteiger partial charge in [-0.05, 0) is 0 Å². The van der Waals surface area contributed by atoms with Gasteiger partial charge in [0, 0.05) is 0 Å². The van der Waals surface area contributed by atoms with E-state index in [4.69, 9.17) is 5.73 Å². The first-order valence-corrected chi connectivity index (χ1v) is 5.90. The first-order valence-electron chi connectivity index (χ1n) is 3.67. The molecule has 0 unspecified atom stereocenters. The van der Waals surface area contributed by atoms with E-state index in [0.29, 0.717) is 0 Å². The summed E-state index contributed by atoms with van der Waals surface area (Å²) in [5.74, 6) is -0.265. The molecule has 0 aliphatic carbocycles. The van der Waals surface area contributed by atoms with Crippen molar-refractivity contribution in [3.8, 4) is 0 Å². The van der Waals surface area contributed by atoms with Gasteiger partial charge >= 0.3 is 0 Å². The third-order valence-corrected chi connectivity index (χ3v) is 3.57. The highest BCUT2D eigenvalue weighted by atomic mass is 32.2. The van der Waals surface area contributed by atoms with Gasteiger partial charge in [-0.3, -0.25) is 4.79 Å². The Kier molecular flexibility index (Phi) is 2.87. The van der Waals surface area contributed by atoms with E-state index in [1.807, 2.05) is 0 Å². The normalized spacial score (nSPS) is 20.3. The lowest BCUT2D eigenvalue weighted by Gasteiger charge is -2.26. The van der Waals surface area contributed by atoms with Crippen molar-refractivity contribution in [1.82, 2.24) is 5.32 Å². The van der Waals surface area contributed by atoms with Crippen LogP contribution in [0.25, 0.3) is 0 Å². The van der Waals surface area contributed by atoms with Crippen molar-refractivity contribution in [2.24, 2.45) is 5.73 Å². The van der Waals surface area contributed by atoms with Crippen molar-refractivity contribution in [2.75, 3.05) is 11.5 Å². The van der Waals surface area contributed by atoms with Crippen LogP contribution in [-0.4, -0.2) is 36.9 Å². The third-order valence-electron chi connectivity index (χ3n) is 1.61. The fraction of sp³-hybridized carbons (Fsp3) is 0.667. The molecule has 0 aromatic rings. The summed E-state index contributed by atoms with van der Waals surface area (Å²) in [5, 5.41) is 2.52. The van der Waals surface area contributed by atoms with Gasteiger partial charge in [0.15, 0.2) is 9.84 Å². The number of carbonyl (C=O) groups excluding carboxylic acids is 1. The first-order chi connectivity index (χ1) is 5.89. The quantitative estimate of drug-likeness (QED) is 0.572. The van der Waals surface area contributed by atoms with E-state index in [1.54, 1.807) is 0 Å². The van der Waals surface area contributed by atoms with E-state index in [9.17, 15) is 13.2 Å². The van der Waals surface area contributed by atoms with Gasteiger partial charge in [0.1, 0.15) is 0 Å². The van der Waals surface area contributed by atoms with Crippen LogP contribution in [0.5, 0.6) is 0 Å². The fourth-order valence-corrected chi connectivity index (χ4v) is 2.51. The average Bonchev–Trinajstić information content (AvgIpc) is 1.79. The van der Waals surface area contributed by atoms with Gasteiger partial charge in [-0.2, -0.15) is 0 Å². The monoisotopic (exact) mass is 222 g/mol. The van der Waals surface area contributed by atoms with E-state index in [-0.39, 0.29) is 34.9 Å². The van der Waals surface area contributed by atoms with Gasteiger partial charge in [-0.15, -0.1) is 0 Å². The van der Waals surface area contributed by atoms with Crippen LogP contribution in [-0.2, 0) is 14.6 Å². The zero-order chi connectivity index (χ0) is 10.1. The molecule has 13 heavy (non-hydrogen) atoms. The molecule has 1 aliphatic rings. The highest BCUT2D eigenvalue weighted by molar-refractivity contribution is 7.92. The van der Waals surface area contributed by atoms with Crippen LogP contribution in [0.2, 0.25) is 0 Å². The highest BCUT2D eigenvalue weighted by Crippen LogP contribution is 2.09. The van der Waals surface area contributed by atoms with Gasteiger partial charge in [-0.1, -0.05) is 12.2 Å². The van der Waals surface area contributed by atoms with E-state index < -0.39 is 9.84 Å². The number of carbonyl (C=O) groups is 1. The number of hydrogen-bond acceptors (Lipinski definition) is 4. The van der Waals surface area contributed by atoms with Crippen molar-refractivity contribution in [3.63, 3.8) is 0 Å². The molecule has 3 N–H and O–H groups in total. The number of amides is 1. The zero-order valence-corrected chi connectivity index (χ0v) is 8.45. The smallest absolute Gasteiger partial charge is 0.227 e. The molecule has 1 aliphatic heterocycles. The Morgan fingerprint density at radius 3 is 2.46 bits per heavy atom. The summed E-state index contributed by atoms with van der Waals surface area (Å²) in [6.45, 7) is 0. The maximum atomic E-state index is 11.0. The topological polar surface area (TPSA) is 89.3 Å². The lowest BCUT2D eigenvalue weighted by atomic mass is 10.3. The van der Waals surface area contributed by atoms with Crippen LogP contribution in [0.3, 0.4) is 0 Å². The number of thiocarbonyl (C=S) groups is 1. The second-order valence-electron chi connectivity index (χ2n) is 2.98. The second kappa shape index (κ2) is 3.59. The zero-order valence-electron chi connectivity index (χ0n) is 6.82. The lowest BCUT2D eigenvalue weighted by Crippen LogP contribution is -2.53. The van der Waals surface area contributed by atoms with E-state index in [2.05, 4.69) is 17.5 Å². The number of nitrogens with two attached hydrogens (primary N) is 1. The van der Waals surface area contributed by atoms with Crippen molar-refractivity contribution in [2.45, 2.75) is 12.5 Å². The van der Waals surface area contributed by atoms with Gasteiger partial charge < -0.3 is 11.1 Å². The molecule has 0 radical (unpaired) electrons. The van der Waals surface area contributed by atoms with E-state index in [0.717, 1.165) is 0 Å². The Bertz CT molecular complexity index is 324. The summed E-state index contributed by atoms with van der Waals surface area (Å²) >= 11 is 4.52. The number of nitrogens with one attached hydrogen (secondary N) is 1. The van der Waals surface area contributed by atoms with E-state index in [1.165, 1.54) is 0 Å². The van der Waals surface area contributed by atoms with Crippen LogP contribution in [0.15, 0.2) is 0 Å². The number of rotatable bonds is 3. The Morgan fingerprint density at radius 1 is 1.54 bits per heavy atom. The molecule has 1 rings (SSSR count). The summed E-state index contributed by atoms with van der Waals surface area (Å²) in [6, 6.07) is -0.258. The SMILES string of the molecule is NC(=S)CC(=O)NC1CS(=O)(=O)C1. The van der Waals surface area contributed by atoms with Gasteiger partial charge in [-0.25, -0.2) is 8.42 Å². The summed E-state index contributed by atoms with van der Waals surface area (Å²) in [5.41, 5.74) is 5.13. The molecule has 74 valence electrons. The second-order valence-corrected chi connectivity index (χ2v) is 5.66. The van der Waals surface area contributed by atoms with Crippen LogP contribution in [0.4, 0.5) is 0 Å². The maximum Gasteiger partial charge on any atom is 0.227 e. The highest BCUT2D eigenvalue weighted by Gasteiger charge is 2.34. The molecular formula is C6H10N2O3S2. The fourth-order valence-electron chi connectivity index (χ4n) is 1.08. The van der Waals surface area contributed by atoms with Crippen LogP contribution >= 0.6 is 12.2 Å². The van der Waals surface area contributed by atoms with Crippen molar-refractivity contribution >= 4 is 33.0 Å². The van der Waals surface area contributed by atoms with Crippen molar-refractivity contribution in [1.29, 1.82) is 0 Å². The molecule has 0 bridgehead atoms. The van der Waals surface area contributed by atoms with Crippen LogP contribution in [0, 0.1) is 0 Å². The molecule has 0 atom stereocenters. The first kappa shape index (κ1) is 10.4. The standard InChI is InChI=1S/C6H10N2O3S2/c7-5(12)1-6(9)8-4-2-13(10,11)3-4/h4H,1-3H2,(H2,7,12)(H,8,9). The molecule has 0 aromatic heterocycles. The minimum absolute atomic E-state index is 0.0219. The minimum atomic E-state index is -2.88. The van der Waals surface area contributed by atoms with Crippen LogP contribution in [0.1, 0.15) is 6.42 Å². The Morgan fingerprint density at radius 2 is 2.08 bits per heavy atom. The van der Waals surface area contributed by atoms with Crippen molar-refractivity contribution < 1.29 is 13.2 Å². The lowest BCUT2D eigenvalue weighted by molar-refractivity contribution is -0.120. The molecule has 1 fully saturated rings. The molecule has 5 nitrogen and oxygen atoms in total.